The van der Waals surface area contributed by atoms with Gasteiger partial charge in [-0.05, 0) is 50.1 Å². The molecule has 1 aliphatic rings. The smallest absolute Gasteiger partial charge is 0.262 e. The van der Waals surface area contributed by atoms with E-state index in [4.69, 9.17) is 0 Å². The van der Waals surface area contributed by atoms with Gasteiger partial charge in [-0.3, -0.25) is 13.8 Å². The quantitative estimate of drug-likeness (QED) is 0.455. The van der Waals surface area contributed by atoms with E-state index in [1.54, 1.807) is 33.1 Å². The van der Waals surface area contributed by atoms with Crippen molar-refractivity contribution in [2.24, 2.45) is 0 Å². The van der Waals surface area contributed by atoms with Crippen LogP contribution >= 0.6 is 0 Å². The van der Waals surface area contributed by atoms with Crippen molar-refractivity contribution in [3.8, 4) is 0 Å². The third-order valence-corrected chi connectivity index (χ3v) is 8.27. The molecule has 1 N–H and O–H groups in total. The molecule has 0 amide bonds. The van der Waals surface area contributed by atoms with Crippen molar-refractivity contribution in [1.82, 2.24) is 23.5 Å². The van der Waals surface area contributed by atoms with E-state index in [1.165, 1.54) is 0 Å². The molecule has 34 heavy (non-hydrogen) atoms. The number of fused-ring (bicyclic) bond motifs is 3. The van der Waals surface area contributed by atoms with E-state index in [0.717, 1.165) is 31.2 Å². The van der Waals surface area contributed by atoms with E-state index < -0.39 is 10.0 Å². The Morgan fingerprint density at radius 2 is 1.74 bits per heavy atom. The maximum absolute atomic E-state index is 13.2. The molecule has 3 heterocycles. The molecule has 10 heteroatoms. The van der Waals surface area contributed by atoms with Crippen LogP contribution in [0.2, 0.25) is 0 Å². The monoisotopic (exact) mass is 480 g/mol. The van der Waals surface area contributed by atoms with Gasteiger partial charge in [-0.15, -0.1) is 10.2 Å². The number of sulfonamides is 1. The van der Waals surface area contributed by atoms with E-state index in [1.807, 2.05) is 35.6 Å². The molecule has 0 spiro atoms. The Balaban J connectivity index is 1.46. The van der Waals surface area contributed by atoms with Crippen LogP contribution in [-0.4, -0.2) is 45.0 Å². The molecule has 4 aromatic rings. The van der Waals surface area contributed by atoms with Crippen molar-refractivity contribution in [2.75, 3.05) is 18.4 Å². The Morgan fingerprint density at radius 3 is 2.50 bits per heavy atom. The van der Waals surface area contributed by atoms with Crippen molar-refractivity contribution in [3.05, 3.63) is 64.7 Å². The molecule has 0 saturated carbocycles. The van der Waals surface area contributed by atoms with Crippen LogP contribution < -0.4 is 10.9 Å². The number of anilines is 1. The molecule has 2 aromatic carbocycles. The van der Waals surface area contributed by atoms with Crippen molar-refractivity contribution in [1.29, 1.82) is 0 Å². The van der Waals surface area contributed by atoms with Crippen LogP contribution in [0.1, 0.15) is 38.4 Å². The highest BCUT2D eigenvalue weighted by molar-refractivity contribution is 7.89. The fourth-order valence-electron chi connectivity index (χ4n) is 4.59. The fraction of sp³-hybridized carbons (Fsp3) is 0.375. The average molecular weight is 481 g/mol. The highest BCUT2D eigenvalue weighted by atomic mass is 32.2. The third kappa shape index (κ3) is 3.97. The Kier molecular flexibility index (Phi) is 6.09. The summed E-state index contributed by atoms with van der Waals surface area (Å²) in [5.74, 6) is 1.12. The summed E-state index contributed by atoms with van der Waals surface area (Å²) >= 11 is 0. The van der Waals surface area contributed by atoms with Gasteiger partial charge in [-0.1, -0.05) is 31.0 Å². The number of aromatic nitrogens is 4. The highest BCUT2D eigenvalue weighted by Crippen LogP contribution is 2.23. The summed E-state index contributed by atoms with van der Waals surface area (Å²) in [6, 6.07) is 14.3. The second-order valence-electron chi connectivity index (χ2n) is 8.52. The summed E-state index contributed by atoms with van der Waals surface area (Å²) < 4.78 is 31.5. The van der Waals surface area contributed by atoms with E-state index >= 15 is 0 Å². The maximum atomic E-state index is 13.2. The average Bonchev–Trinajstić information content (AvgIpc) is 3.07. The summed E-state index contributed by atoms with van der Waals surface area (Å²) in [5.41, 5.74) is 1.33. The number of hydrogen-bond donors (Lipinski definition) is 1. The van der Waals surface area contributed by atoms with Gasteiger partial charge in [-0.25, -0.2) is 8.42 Å². The Morgan fingerprint density at radius 1 is 0.971 bits per heavy atom. The molecule has 2 aromatic heterocycles. The van der Waals surface area contributed by atoms with Gasteiger partial charge in [-0.2, -0.15) is 4.31 Å². The second-order valence-corrected chi connectivity index (χ2v) is 10.5. The summed E-state index contributed by atoms with van der Waals surface area (Å²) in [6.45, 7) is 3.84. The highest BCUT2D eigenvalue weighted by Gasteiger charge is 2.25. The SMILES string of the molecule is CCn1c(=O)c2ccccc2n2c(CNc3cccc(S(=O)(=O)N4CCCCCC4)c3)nnc12. The number of nitrogens with one attached hydrogen (secondary N) is 1. The zero-order valence-corrected chi connectivity index (χ0v) is 20.0. The molecular formula is C24H28N6O3S. The topological polar surface area (TPSA) is 102 Å². The van der Waals surface area contributed by atoms with Crippen LogP contribution in [0.5, 0.6) is 0 Å². The molecule has 0 radical (unpaired) electrons. The van der Waals surface area contributed by atoms with Crippen LogP contribution in [0.25, 0.3) is 16.7 Å². The van der Waals surface area contributed by atoms with Gasteiger partial charge in [0.25, 0.3) is 5.56 Å². The Bertz CT molecular complexity index is 1500. The van der Waals surface area contributed by atoms with Crippen LogP contribution in [0, 0.1) is 0 Å². The molecular weight excluding hydrogens is 452 g/mol. The van der Waals surface area contributed by atoms with Gasteiger partial charge in [0.05, 0.1) is 22.3 Å². The standard InChI is InChI=1S/C24H28N6O3S/c1-2-29-23(31)20-12-5-6-13-21(20)30-22(26-27-24(29)30)17-25-18-10-9-11-19(16-18)34(32,33)28-14-7-3-4-8-15-28/h5-6,9-13,16,25H,2-4,7-8,14-15,17H2,1H3. The Labute approximate surface area is 198 Å². The lowest BCUT2D eigenvalue weighted by atomic mass is 10.2. The fourth-order valence-corrected chi connectivity index (χ4v) is 6.16. The first-order valence-corrected chi connectivity index (χ1v) is 13.1. The first-order chi connectivity index (χ1) is 16.5. The molecule has 0 atom stereocenters. The minimum absolute atomic E-state index is 0.0936. The van der Waals surface area contributed by atoms with Gasteiger partial charge < -0.3 is 5.32 Å². The third-order valence-electron chi connectivity index (χ3n) is 6.38. The minimum atomic E-state index is -3.54. The normalized spacial score (nSPS) is 15.6. The molecule has 178 valence electrons. The molecule has 0 aliphatic carbocycles. The first-order valence-electron chi connectivity index (χ1n) is 11.7. The lowest BCUT2D eigenvalue weighted by Crippen LogP contribution is -2.31. The van der Waals surface area contributed by atoms with Crippen molar-refractivity contribution >= 4 is 32.4 Å². The van der Waals surface area contributed by atoms with E-state index in [9.17, 15) is 13.2 Å². The van der Waals surface area contributed by atoms with Gasteiger partial charge in [0.15, 0.2) is 5.82 Å². The number of benzene rings is 2. The summed E-state index contributed by atoms with van der Waals surface area (Å²) in [6.07, 6.45) is 3.93. The zero-order valence-electron chi connectivity index (χ0n) is 19.1. The van der Waals surface area contributed by atoms with Crippen molar-refractivity contribution in [2.45, 2.75) is 50.6 Å². The van der Waals surface area contributed by atoms with Crippen LogP contribution in [0.4, 0.5) is 5.69 Å². The van der Waals surface area contributed by atoms with E-state index in [2.05, 4.69) is 15.5 Å². The molecule has 0 bridgehead atoms. The molecule has 1 fully saturated rings. The number of aryl methyl sites for hydroxylation is 1. The number of rotatable bonds is 6. The molecule has 1 aliphatic heterocycles. The molecule has 5 rings (SSSR count). The van der Waals surface area contributed by atoms with Gasteiger partial charge in [0, 0.05) is 25.3 Å². The lowest BCUT2D eigenvalue weighted by Gasteiger charge is -2.20. The maximum Gasteiger partial charge on any atom is 0.262 e. The van der Waals surface area contributed by atoms with Gasteiger partial charge >= 0.3 is 0 Å². The zero-order chi connectivity index (χ0) is 23.7. The van der Waals surface area contributed by atoms with Crippen LogP contribution in [0.3, 0.4) is 0 Å². The minimum Gasteiger partial charge on any atom is -0.378 e. The Hall–Kier alpha value is -3.24. The predicted molar refractivity (Wildman–Crippen MR) is 131 cm³/mol. The predicted octanol–water partition coefficient (Wildman–Crippen LogP) is 3.24. The van der Waals surface area contributed by atoms with E-state index in [0.29, 0.717) is 48.9 Å². The second kappa shape index (κ2) is 9.19. The summed E-state index contributed by atoms with van der Waals surface area (Å²) in [5, 5.41) is 12.5. The molecule has 0 unspecified atom stereocenters. The summed E-state index contributed by atoms with van der Waals surface area (Å²) in [7, 11) is -3.54. The first kappa shape index (κ1) is 22.5. The largest absolute Gasteiger partial charge is 0.378 e. The van der Waals surface area contributed by atoms with E-state index in [-0.39, 0.29) is 10.5 Å². The number of hydrogen-bond acceptors (Lipinski definition) is 6. The van der Waals surface area contributed by atoms with Crippen LogP contribution in [0.15, 0.2) is 58.2 Å². The van der Waals surface area contributed by atoms with Crippen LogP contribution in [-0.2, 0) is 23.1 Å². The molecule has 1 saturated heterocycles. The number of nitrogens with zero attached hydrogens (tertiary/aromatic N) is 5. The lowest BCUT2D eigenvalue weighted by molar-refractivity contribution is 0.424. The van der Waals surface area contributed by atoms with Gasteiger partial charge in [0.2, 0.25) is 15.8 Å². The molecule has 9 nitrogen and oxygen atoms in total. The number of para-hydroxylation sites is 1. The van der Waals surface area contributed by atoms with Gasteiger partial charge in [0.1, 0.15) is 0 Å². The van der Waals surface area contributed by atoms with Crippen molar-refractivity contribution in [3.63, 3.8) is 0 Å². The summed E-state index contributed by atoms with van der Waals surface area (Å²) in [4.78, 5) is 13.1. The van der Waals surface area contributed by atoms with Crippen molar-refractivity contribution < 1.29 is 8.42 Å².